The van der Waals surface area contributed by atoms with Crippen LogP contribution in [0.4, 0.5) is 5.13 Å². The van der Waals surface area contributed by atoms with Crippen molar-refractivity contribution in [3.05, 3.63) is 75.0 Å². The van der Waals surface area contributed by atoms with Gasteiger partial charge in [0.05, 0.1) is 11.2 Å². The Kier molecular flexibility index (Phi) is 7.41. The van der Waals surface area contributed by atoms with Gasteiger partial charge in [-0.15, -0.1) is 11.3 Å². The highest BCUT2D eigenvalue weighted by molar-refractivity contribution is 8.26. The summed E-state index contributed by atoms with van der Waals surface area (Å²) in [6.07, 6.45) is 6.48. The number of carbonyl (C=O) groups is 2. The lowest BCUT2D eigenvalue weighted by molar-refractivity contribution is -0.122. The Morgan fingerprint density at radius 2 is 2.09 bits per heavy atom. The zero-order valence-corrected chi connectivity index (χ0v) is 20.0. The van der Waals surface area contributed by atoms with E-state index in [4.69, 9.17) is 28.2 Å². The molecule has 1 aliphatic heterocycles. The summed E-state index contributed by atoms with van der Waals surface area (Å²) in [6, 6.07) is 11.2. The van der Waals surface area contributed by atoms with Gasteiger partial charge in [0.1, 0.15) is 10.1 Å². The van der Waals surface area contributed by atoms with E-state index in [9.17, 15) is 9.59 Å². The van der Waals surface area contributed by atoms with Crippen LogP contribution in [0.1, 0.15) is 29.0 Å². The maximum Gasteiger partial charge on any atom is 0.266 e. The Bertz CT molecular complexity index is 1160. The molecule has 0 bridgehead atoms. The number of nitrogens with one attached hydrogen (secondary N) is 1. The average molecular weight is 504 g/mol. The monoisotopic (exact) mass is 503 g/mol. The van der Waals surface area contributed by atoms with Gasteiger partial charge >= 0.3 is 0 Å². The third kappa shape index (κ3) is 5.86. The second kappa shape index (κ2) is 10.4. The van der Waals surface area contributed by atoms with Crippen LogP contribution in [0.5, 0.6) is 0 Å². The molecule has 1 N–H and O–H groups in total. The van der Waals surface area contributed by atoms with Crippen molar-refractivity contribution >= 4 is 74.3 Å². The maximum absolute atomic E-state index is 12.6. The Morgan fingerprint density at radius 1 is 1.28 bits per heavy atom. The fourth-order valence-corrected chi connectivity index (χ4v) is 5.30. The second-order valence-electron chi connectivity index (χ2n) is 6.94. The first-order valence-electron chi connectivity index (χ1n) is 9.76. The molecule has 32 heavy (non-hydrogen) atoms. The number of thioether (sulfide) groups is 1. The molecule has 164 valence electrons. The molecule has 1 saturated heterocycles. The van der Waals surface area contributed by atoms with Crippen LogP contribution in [0, 0.1) is 0 Å². The van der Waals surface area contributed by atoms with Crippen molar-refractivity contribution in [3.8, 4) is 0 Å². The number of benzene rings is 1. The van der Waals surface area contributed by atoms with Crippen molar-refractivity contribution in [1.82, 2.24) is 9.88 Å². The fraction of sp³-hybridized carbons (Fsp3) is 0.182. The normalized spacial score (nSPS) is 15.0. The number of aromatic nitrogens is 1. The summed E-state index contributed by atoms with van der Waals surface area (Å²) in [6.45, 7) is 0.382. The van der Waals surface area contributed by atoms with E-state index in [-0.39, 0.29) is 18.2 Å². The summed E-state index contributed by atoms with van der Waals surface area (Å²) in [5.41, 5.74) is 1.13. The first kappa shape index (κ1) is 22.7. The minimum atomic E-state index is -0.163. The Hall–Kier alpha value is -2.46. The quantitative estimate of drug-likeness (QED) is 0.318. The summed E-state index contributed by atoms with van der Waals surface area (Å²) in [4.78, 5) is 32.2. The van der Waals surface area contributed by atoms with Crippen molar-refractivity contribution in [2.75, 3.05) is 11.9 Å². The maximum atomic E-state index is 12.6. The lowest BCUT2D eigenvalue weighted by atomic mass is 10.1. The summed E-state index contributed by atoms with van der Waals surface area (Å²) >= 11 is 13.9. The van der Waals surface area contributed by atoms with Crippen LogP contribution in [-0.4, -0.2) is 32.6 Å². The number of furan rings is 1. The number of anilines is 1. The molecule has 3 aromatic rings. The highest BCUT2D eigenvalue weighted by Crippen LogP contribution is 2.32. The van der Waals surface area contributed by atoms with E-state index in [1.807, 2.05) is 24.3 Å². The van der Waals surface area contributed by atoms with Gasteiger partial charge in [-0.1, -0.05) is 47.7 Å². The average Bonchev–Trinajstić information content (AvgIpc) is 3.49. The van der Waals surface area contributed by atoms with E-state index in [0.29, 0.717) is 38.1 Å². The Morgan fingerprint density at radius 3 is 2.84 bits per heavy atom. The third-order valence-electron chi connectivity index (χ3n) is 4.57. The molecule has 1 fully saturated rings. The molecule has 10 heteroatoms. The molecule has 0 spiro atoms. The lowest BCUT2D eigenvalue weighted by Gasteiger charge is -2.13. The van der Waals surface area contributed by atoms with E-state index >= 15 is 0 Å². The van der Waals surface area contributed by atoms with E-state index in [0.717, 1.165) is 16.9 Å². The van der Waals surface area contributed by atoms with Gasteiger partial charge in [-0.05, 0) is 36.2 Å². The number of hydrogen-bond acceptors (Lipinski definition) is 7. The molecule has 0 atom stereocenters. The molecular weight excluding hydrogens is 486 g/mol. The van der Waals surface area contributed by atoms with Crippen molar-refractivity contribution in [2.45, 2.75) is 19.3 Å². The van der Waals surface area contributed by atoms with Crippen molar-refractivity contribution in [1.29, 1.82) is 0 Å². The molecule has 2 amide bonds. The van der Waals surface area contributed by atoms with E-state index in [1.54, 1.807) is 30.7 Å². The van der Waals surface area contributed by atoms with Gasteiger partial charge < -0.3 is 9.73 Å². The van der Waals surface area contributed by atoms with Gasteiger partial charge in [-0.25, -0.2) is 4.98 Å². The molecule has 0 radical (unpaired) electrons. The van der Waals surface area contributed by atoms with E-state index in [2.05, 4.69) is 10.3 Å². The minimum absolute atomic E-state index is 0.144. The zero-order valence-electron chi connectivity index (χ0n) is 16.7. The molecule has 2 aromatic heterocycles. The van der Waals surface area contributed by atoms with Crippen LogP contribution in [0.25, 0.3) is 6.08 Å². The number of halogens is 1. The smallest absolute Gasteiger partial charge is 0.266 e. The first-order valence-corrected chi connectivity index (χ1v) is 12.2. The Balaban J connectivity index is 1.24. The molecule has 6 nitrogen and oxygen atoms in total. The largest absolute Gasteiger partial charge is 0.465 e. The molecule has 3 heterocycles. The number of thiocarbonyl (C=S) groups is 1. The van der Waals surface area contributed by atoms with Crippen LogP contribution >= 0.6 is 46.9 Å². The molecule has 0 aliphatic carbocycles. The number of rotatable bonds is 8. The van der Waals surface area contributed by atoms with Gasteiger partial charge in [0.2, 0.25) is 5.91 Å². The summed E-state index contributed by atoms with van der Waals surface area (Å²) < 4.78 is 5.74. The Labute approximate surface area is 203 Å². The van der Waals surface area contributed by atoms with Gasteiger partial charge in [-0.2, -0.15) is 0 Å². The van der Waals surface area contributed by atoms with Crippen LogP contribution in [0.2, 0.25) is 5.02 Å². The van der Waals surface area contributed by atoms with Crippen LogP contribution in [-0.2, 0) is 16.0 Å². The molecule has 1 aliphatic rings. The van der Waals surface area contributed by atoms with Crippen molar-refractivity contribution < 1.29 is 14.0 Å². The number of nitrogens with zero attached hydrogens (tertiary/aromatic N) is 2. The summed E-state index contributed by atoms with van der Waals surface area (Å²) in [5, 5.41) is 4.09. The third-order valence-corrected chi connectivity index (χ3v) is 7.11. The van der Waals surface area contributed by atoms with Gasteiger partial charge in [0.15, 0.2) is 5.13 Å². The minimum Gasteiger partial charge on any atom is -0.465 e. The molecule has 0 unspecified atom stereocenters. The van der Waals surface area contributed by atoms with Crippen molar-refractivity contribution in [3.63, 3.8) is 0 Å². The lowest BCUT2D eigenvalue weighted by Crippen LogP contribution is -2.29. The zero-order chi connectivity index (χ0) is 22.5. The topological polar surface area (TPSA) is 75.4 Å². The molecule has 0 saturated carbocycles. The predicted octanol–water partition coefficient (Wildman–Crippen LogP) is 5.60. The first-order chi connectivity index (χ1) is 15.5. The molecular formula is C22H18ClN3O3S3. The summed E-state index contributed by atoms with van der Waals surface area (Å²) in [5.74, 6) is 0.293. The number of amides is 2. The van der Waals surface area contributed by atoms with Gasteiger partial charge in [0.25, 0.3) is 5.91 Å². The number of hydrogen-bond donors (Lipinski definition) is 1. The van der Waals surface area contributed by atoms with Gasteiger partial charge in [-0.3, -0.25) is 14.5 Å². The highest BCUT2D eigenvalue weighted by atomic mass is 35.5. The summed E-state index contributed by atoms with van der Waals surface area (Å²) in [7, 11) is 0. The predicted molar refractivity (Wildman–Crippen MR) is 133 cm³/mol. The highest BCUT2D eigenvalue weighted by Gasteiger charge is 2.31. The van der Waals surface area contributed by atoms with E-state index in [1.165, 1.54) is 28.0 Å². The van der Waals surface area contributed by atoms with Crippen LogP contribution in [0.3, 0.4) is 0 Å². The SMILES string of the molecule is O=C(CCCN1C(=O)C(=Cc2ccco2)SC1=S)Nc1ncc(Cc2ccc(Cl)cc2)s1. The van der Waals surface area contributed by atoms with E-state index < -0.39 is 0 Å². The molecule has 1 aromatic carbocycles. The second-order valence-corrected chi connectivity index (χ2v) is 10.2. The fourth-order valence-electron chi connectivity index (χ4n) is 3.03. The molecule has 4 rings (SSSR count). The van der Waals surface area contributed by atoms with Crippen molar-refractivity contribution in [2.24, 2.45) is 0 Å². The van der Waals surface area contributed by atoms with Crippen LogP contribution < -0.4 is 5.32 Å². The standard InChI is InChI=1S/C22H18ClN3O3S3/c23-15-7-5-14(6-8-15)11-17-13-24-21(31-17)25-19(27)4-1-9-26-20(28)18(32-22(26)30)12-16-3-2-10-29-16/h2-3,5-8,10,12-13H,1,4,9,11H2,(H,24,25,27). The van der Waals surface area contributed by atoms with Gasteiger partial charge in [0, 0.05) is 41.6 Å². The van der Waals surface area contributed by atoms with Crippen LogP contribution in [0.15, 0.2) is 58.2 Å². The number of thiazole rings is 1. The number of carbonyl (C=O) groups excluding carboxylic acids is 2.